The number of benzene rings is 2. The predicted octanol–water partition coefficient (Wildman–Crippen LogP) is 6.46. The smallest absolute Gasteiger partial charge is 0.405 e. The van der Waals surface area contributed by atoms with Crippen LogP contribution in [-0.4, -0.2) is 57.4 Å². The van der Waals surface area contributed by atoms with E-state index in [0.29, 0.717) is 30.1 Å². The highest BCUT2D eigenvalue weighted by Crippen LogP contribution is 2.69. The van der Waals surface area contributed by atoms with Crippen LogP contribution >= 0.6 is 34.9 Å². The lowest BCUT2D eigenvalue weighted by Crippen LogP contribution is -2.29. The van der Waals surface area contributed by atoms with E-state index in [1.165, 1.54) is 30.3 Å². The molecule has 0 unspecified atom stereocenters. The Kier molecular flexibility index (Phi) is 10.6. The Labute approximate surface area is 261 Å². The second-order valence-electron chi connectivity index (χ2n) is 9.61. The number of hydrogen-bond acceptors (Lipinski definition) is 9. The Bertz CT molecular complexity index is 1630. The Balaban J connectivity index is 1.57. The van der Waals surface area contributed by atoms with Gasteiger partial charge in [0.1, 0.15) is 16.4 Å². The van der Waals surface area contributed by atoms with Crippen molar-refractivity contribution in [2.24, 2.45) is 5.73 Å². The quantitative estimate of drug-likeness (QED) is 0.187. The Morgan fingerprint density at radius 1 is 1.19 bits per heavy atom. The van der Waals surface area contributed by atoms with Crippen molar-refractivity contribution in [3.63, 3.8) is 0 Å². The molecule has 43 heavy (non-hydrogen) atoms. The third kappa shape index (κ3) is 6.77. The molecular weight excluding hydrogens is 693 g/mol. The number of carbonyl (C=O) groups is 1. The van der Waals surface area contributed by atoms with Crippen molar-refractivity contribution >= 4 is 60.9 Å². The molecule has 0 radical (unpaired) electrons. The van der Waals surface area contributed by atoms with Crippen LogP contribution < -0.4 is 15.2 Å². The molecule has 0 aliphatic carbocycles. The number of nitrogens with two attached hydrogens (primary N) is 1. The van der Waals surface area contributed by atoms with Crippen molar-refractivity contribution in [2.45, 2.75) is 44.1 Å². The minimum absolute atomic E-state index is 0.00665. The van der Waals surface area contributed by atoms with Crippen LogP contribution in [0.15, 0.2) is 40.9 Å². The fourth-order valence-corrected chi connectivity index (χ4v) is 10.6. The molecule has 1 atom stereocenters. The minimum atomic E-state index is -4.92. The Hall–Kier alpha value is -2.13. The van der Waals surface area contributed by atoms with Crippen LogP contribution in [0.2, 0.25) is 0 Å². The van der Waals surface area contributed by atoms with Crippen LogP contribution in [0.4, 0.5) is 8.78 Å². The van der Waals surface area contributed by atoms with Crippen molar-refractivity contribution in [1.29, 1.82) is 0 Å². The molecule has 3 aromatic rings. The molecule has 1 aliphatic rings. The van der Waals surface area contributed by atoms with Gasteiger partial charge >= 0.3 is 13.3 Å². The number of primary amides is 1. The summed E-state index contributed by atoms with van der Waals surface area (Å²) in [4.78, 5) is 11.4. The zero-order chi connectivity index (χ0) is 31.6. The average molecular weight is 726 g/mol. The summed E-state index contributed by atoms with van der Waals surface area (Å²) in [6.07, 6.45) is 0.521. The number of halogens is 3. The molecule has 1 fully saturated rings. The van der Waals surface area contributed by atoms with Crippen LogP contribution in [-0.2, 0) is 35.8 Å². The molecule has 0 spiro atoms. The molecule has 1 aromatic heterocycles. The lowest BCUT2D eigenvalue weighted by molar-refractivity contribution is 0.0387. The Morgan fingerprint density at radius 2 is 1.84 bits per heavy atom. The lowest BCUT2D eigenvalue weighted by Gasteiger charge is -2.25. The van der Waals surface area contributed by atoms with E-state index >= 15 is 8.78 Å². The topological polar surface area (TPSA) is 134 Å². The average Bonchev–Trinajstić information content (AvgIpc) is 3.45. The van der Waals surface area contributed by atoms with E-state index in [9.17, 15) is 17.8 Å². The van der Waals surface area contributed by atoms with Gasteiger partial charge in [0.2, 0.25) is 15.9 Å². The number of nitrogens with zero attached hydrogens (tertiary/aromatic N) is 1. The molecule has 4 rings (SSSR count). The lowest BCUT2D eigenvalue weighted by atomic mass is 10.1. The molecule has 1 amide bonds. The fraction of sp³-hybridized carbons (Fsp3) is 0.444. The third-order valence-electron chi connectivity index (χ3n) is 6.89. The first kappa shape index (κ1) is 33.8. The van der Waals surface area contributed by atoms with Gasteiger partial charge in [-0.05, 0) is 72.4 Å². The monoisotopic (exact) mass is 724 g/mol. The van der Waals surface area contributed by atoms with Gasteiger partial charge in [-0.25, -0.2) is 8.42 Å². The van der Waals surface area contributed by atoms with Gasteiger partial charge in [0.05, 0.1) is 36.9 Å². The summed E-state index contributed by atoms with van der Waals surface area (Å²) in [6.45, 7) is 2.81. The molecule has 1 aliphatic heterocycles. The summed E-state index contributed by atoms with van der Waals surface area (Å²) >= 11 is 3.78. The molecule has 16 heteroatoms. The maximum Gasteiger partial charge on any atom is 0.405 e. The maximum atomic E-state index is 15.7. The van der Waals surface area contributed by atoms with E-state index in [1.54, 1.807) is 31.4 Å². The van der Waals surface area contributed by atoms with Gasteiger partial charge in [-0.15, -0.1) is 11.3 Å². The highest BCUT2D eigenvalue weighted by molar-refractivity contribution is 9.10. The number of ether oxygens (including phenoxy) is 2. The van der Waals surface area contributed by atoms with E-state index in [1.807, 2.05) is 0 Å². The fourth-order valence-electron chi connectivity index (χ4n) is 4.72. The van der Waals surface area contributed by atoms with Gasteiger partial charge in [0.25, 0.3) is 0 Å². The summed E-state index contributed by atoms with van der Waals surface area (Å²) in [6, 6.07) is 9.79. The zero-order valence-electron chi connectivity index (χ0n) is 23.7. The van der Waals surface area contributed by atoms with Gasteiger partial charge in [-0.2, -0.15) is 13.1 Å². The second kappa shape index (κ2) is 13.5. The molecule has 236 valence electrons. The van der Waals surface area contributed by atoms with Crippen LogP contribution in [0, 0.1) is 0 Å². The molecular formula is C27H32BrF2N2O8PS2. The number of amides is 1. The van der Waals surface area contributed by atoms with Gasteiger partial charge in [0, 0.05) is 28.5 Å². The van der Waals surface area contributed by atoms with Crippen molar-refractivity contribution < 1.29 is 45.1 Å². The number of sulfonamides is 1. The van der Waals surface area contributed by atoms with E-state index in [-0.39, 0.29) is 58.7 Å². The first-order chi connectivity index (χ1) is 20.3. The molecule has 1 saturated heterocycles. The first-order valence-corrected chi connectivity index (χ1v) is 18.0. The number of hydrogen-bond donors (Lipinski definition) is 1. The van der Waals surface area contributed by atoms with Gasteiger partial charge < -0.3 is 24.3 Å². The van der Waals surface area contributed by atoms with E-state index < -0.39 is 39.3 Å². The zero-order valence-corrected chi connectivity index (χ0v) is 27.8. The number of thiophene rings is 1. The summed E-state index contributed by atoms with van der Waals surface area (Å²) < 4.78 is 93.4. The molecule has 10 nitrogen and oxygen atoms in total. The van der Waals surface area contributed by atoms with Crippen LogP contribution in [0.3, 0.4) is 0 Å². The van der Waals surface area contributed by atoms with Crippen molar-refractivity contribution in [1.82, 2.24) is 4.31 Å². The summed E-state index contributed by atoms with van der Waals surface area (Å²) in [5.74, 6) is -0.0871. The minimum Gasteiger partial charge on any atom is -0.497 e. The van der Waals surface area contributed by atoms with Crippen LogP contribution in [0.1, 0.15) is 47.5 Å². The normalized spacial score (nSPS) is 17.4. The van der Waals surface area contributed by atoms with Gasteiger partial charge in [-0.1, -0.05) is 12.1 Å². The molecule has 2 heterocycles. The standard InChI is InChI=1S/C27H32BrF2N2O8PS2/c1-4-39-41(34,40-5-2)27(29,30)25-23(28)21-14-18(26(31)33)15-22(24(21)42-25)38-13-11-20-10-12-32(43(20,35)36)16-17-6-8-19(37-3)9-7-17/h6-9,14-15,20H,4-5,10-13,16H2,1-3H3,(H2,31,33)/t20-/m1/s1. The van der Waals surface area contributed by atoms with E-state index in [4.69, 9.17) is 24.3 Å². The molecule has 2 N–H and O–H groups in total. The number of methoxy groups -OCH3 is 1. The van der Waals surface area contributed by atoms with Crippen LogP contribution in [0.25, 0.3) is 10.1 Å². The van der Waals surface area contributed by atoms with Crippen molar-refractivity contribution in [3.05, 3.63) is 56.9 Å². The van der Waals surface area contributed by atoms with E-state index in [0.717, 1.165) is 5.56 Å². The first-order valence-electron chi connectivity index (χ1n) is 13.4. The van der Waals surface area contributed by atoms with Gasteiger partial charge in [0.15, 0.2) is 0 Å². The van der Waals surface area contributed by atoms with Crippen molar-refractivity contribution in [3.8, 4) is 11.5 Å². The number of alkyl halides is 2. The summed E-state index contributed by atoms with van der Waals surface area (Å²) in [5.41, 5.74) is 2.28. The second-order valence-corrected chi connectivity index (χ2v) is 15.7. The Morgan fingerprint density at radius 3 is 2.42 bits per heavy atom. The molecule has 2 aromatic carbocycles. The summed E-state index contributed by atoms with van der Waals surface area (Å²) in [7, 11) is -6.99. The van der Waals surface area contributed by atoms with Crippen molar-refractivity contribution in [2.75, 3.05) is 33.5 Å². The van der Waals surface area contributed by atoms with E-state index in [2.05, 4.69) is 15.9 Å². The van der Waals surface area contributed by atoms with Gasteiger partial charge in [-0.3, -0.25) is 9.36 Å². The number of rotatable bonds is 14. The maximum absolute atomic E-state index is 15.7. The number of fused-ring (bicyclic) bond motifs is 1. The number of carbonyl (C=O) groups excluding carboxylic acids is 1. The SMILES string of the molecule is CCOP(=O)(OCC)C(F)(F)c1sc2c(OCC[C@H]3CCN(Cc4ccc(OC)cc4)S3(=O)=O)cc(C(N)=O)cc2c1Br. The largest absolute Gasteiger partial charge is 0.497 e. The predicted molar refractivity (Wildman–Crippen MR) is 164 cm³/mol. The highest BCUT2D eigenvalue weighted by Gasteiger charge is 2.57. The third-order valence-corrected chi connectivity index (χ3v) is 13.9. The summed E-state index contributed by atoms with van der Waals surface area (Å²) in [5, 5.41) is -0.525. The molecule has 0 saturated carbocycles. The molecule has 0 bridgehead atoms. The van der Waals surface area contributed by atoms with Crippen LogP contribution in [0.5, 0.6) is 11.5 Å². The highest BCUT2D eigenvalue weighted by atomic mass is 79.9.